The van der Waals surface area contributed by atoms with Gasteiger partial charge in [-0.05, 0) is 42.3 Å². The van der Waals surface area contributed by atoms with Crippen molar-refractivity contribution in [2.24, 2.45) is 0 Å². The maximum Gasteiger partial charge on any atom is 0.337 e. The zero-order valence-electron chi connectivity index (χ0n) is 13.8. The molecule has 25 heavy (non-hydrogen) atoms. The largest absolute Gasteiger partial charge is 0.465 e. The van der Waals surface area contributed by atoms with Gasteiger partial charge in [-0.25, -0.2) is 9.18 Å². The molecule has 4 nitrogen and oxygen atoms in total. The van der Waals surface area contributed by atoms with Crippen molar-refractivity contribution in [1.82, 2.24) is 0 Å². The van der Waals surface area contributed by atoms with Crippen LogP contribution in [-0.4, -0.2) is 31.3 Å². The monoisotopic (exact) mass is 359 g/mol. The molecule has 3 rings (SSSR count). The zero-order valence-corrected chi connectivity index (χ0v) is 14.6. The Bertz CT molecular complexity index is 809. The summed E-state index contributed by atoms with van der Waals surface area (Å²) in [7, 11) is 1.35. The molecule has 0 atom stereocenters. The Hall–Kier alpha value is -2.34. The van der Waals surface area contributed by atoms with Crippen molar-refractivity contribution in [2.75, 3.05) is 24.3 Å². The first-order valence-electron chi connectivity index (χ1n) is 7.99. The van der Waals surface area contributed by atoms with Gasteiger partial charge in [0.1, 0.15) is 5.82 Å². The quantitative estimate of drug-likeness (QED) is 0.603. The van der Waals surface area contributed by atoms with E-state index in [0.717, 1.165) is 11.3 Å². The van der Waals surface area contributed by atoms with Gasteiger partial charge in [-0.1, -0.05) is 12.1 Å². The van der Waals surface area contributed by atoms with Crippen LogP contribution in [0.2, 0.25) is 0 Å². The smallest absolute Gasteiger partial charge is 0.337 e. The summed E-state index contributed by atoms with van der Waals surface area (Å²) in [5, 5.41) is 0. The van der Waals surface area contributed by atoms with Crippen LogP contribution in [0.25, 0.3) is 0 Å². The fraction of sp³-hybridized carbons (Fsp3) is 0.263. The molecule has 1 aliphatic rings. The second kappa shape index (κ2) is 7.70. The molecular weight excluding hydrogens is 341 g/mol. The number of nitrogens with zero attached hydrogens (tertiary/aromatic N) is 1. The summed E-state index contributed by atoms with van der Waals surface area (Å²) < 4.78 is 18.3. The highest BCUT2D eigenvalue weighted by atomic mass is 32.2. The Labute approximate surface area is 150 Å². The van der Waals surface area contributed by atoms with Gasteiger partial charge < -0.3 is 9.64 Å². The summed E-state index contributed by atoms with van der Waals surface area (Å²) >= 11 is 1.34. The molecule has 0 aliphatic carbocycles. The minimum absolute atomic E-state index is 0.00778. The SMILES string of the molecule is COC(=O)c1ccc2c(c1)CCN2C(=O)CCSc1ccccc1F. The third-order valence-electron chi connectivity index (χ3n) is 4.11. The first kappa shape index (κ1) is 17.5. The number of fused-ring (bicyclic) bond motifs is 1. The van der Waals surface area contributed by atoms with E-state index < -0.39 is 0 Å². The maximum absolute atomic E-state index is 13.6. The average molecular weight is 359 g/mol. The highest BCUT2D eigenvalue weighted by Crippen LogP contribution is 2.30. The van der Waals surface area contributed by atoms with E-state index in [2.05, 4.69) is 0 Å². The first-order valence-corrected chi connectivity index (χ1v) is 8.97. The molecule has 1 aliphatic heterocycles. The Morgan fingerprint density at radius 2 is 2.04 bits per heavy atom. The third kappa shape index (κ3) is 3.85. The van der Waals surface area contributed by atoms with Gasteiger partial charge in [-0.2, -0.15) is 0 Å². The number of rotatable bonds is 5. The molecule has 130 valence electrons. The number of ether oxygens (including phenoxy) is 1. The van der Waals surface area contributed by atoms with Gasteiger partial charge >= 0.3 is 5.97 Å². The number of halogens is 1. The summed E-state index contributed by atoms with van der Waals surface area (Å²) in [6.45, 7) is 0.600. The molecule has 0 bridgehead atoms. The minimum atomic E-state index is -0.381. The number of hydrogen-bond donors (Lipinski definition) is 0. The van der Waals surface area contributed by atoms with E-state index in [0.29, 0.717) is 35.6 Å². The number of benzene rings is 2. The van der Waals surface area contributed by atoms with Crippen molar-refractivity contribution in [3.05, 3.63) is 59.4 Å². The maximum atomic E-state index is 13.6. The minimum Gasteiger partial charge on any atom is -0.465 e. The van der Waals surface area contributed by atoms with Crippen molar-refractivity contribution < 1.29 is 18.7 Å². The topological polar surface area (TPSA) is 46.6 Å². The van der Waals surface area contributed by atoms with Crippen molar-refractivity contribution in [3.8, 4) is 0 Å². The van der Waals surface area contributed by atoms with Gasteiger partial charge in [-0.15, -0.1) is 11.8 Å². The number of amides is 1. The van der Waals surface area contributed by atoms with Crippen LogP contribution in [0, 0.1) is 5.82 Å². The fourth-order valence-electron chi connectivity index (χ4n) is 2.85. The van der Waals surface area contributed by atoms with Gasteiger partial charge in [0, 0.05) is 29.3 Å². The molecule has 0 fully saturated rings. The van der Waals surface area contributed by atoms with E-state index in [1.807, 2.05) is 0 Å². The number of methoxy groups -OCH3 is 1. The number of hydrogen-bond acceptors (Lipinski definition) is 4. The van der Waals surface area contributed by atoms with E-state index in [9.17, 15) is 14.0 Å². The van der Waals surface area contributed by atoms with Crippen LogP contribution < -0.4 is 4.90 Å². The number of anilines is 1. The van der Waals surface area contributed by atoms with Crippen LogP contribution in [-0.2, 0) is 16.0 Å². The fourth-order valence-corrected chi connectivity index (χ4v) is 3.73. The normalized spacial score (nSPS) is 12.8. The lowest BCUT2D eigenvalue weighted by Gasteiger charge is -2.17. The molecule has 1 amide bonds. The molecule has 0 saturated carbocycles. The number of esters is 1. The summed E-state index contributed by atoms with van der Waals surface area (Å²) in [5.41, 5.74) is 2.30. The highest BCUT2D eigenvalue weighted by molar-refractivity contribution is 7.99. The first-order chi connectivity index (χ1) is 12.1. The van der Waals surface area contributed by atoms with Crippen LogP contribution >= 0.6 is 11.8 Å². The van der Waals surface area contributed by atoms with Crippen LogP contribution in [0.1, 0.15) is 22.3 Å². The van der Waals surface area contributed by atoms with Crippen molar-refractivity contribution in [1.29, 1.82) is 0 Å². The molecule has 6 heteroatoms. The summed E-state index contributed by atoms with van der Waals surface area (Å²) in [5.74, 6) is -0.115. The second-order valence-corrected chi connectivity index (χ2v) is 6.80. The van der Waals surface area contributed by atoms with Gasteiger partial charge in [0.2, 0.25) is 5.91 Å². The lowest BCUT2D eigenvalue weighted by molar-refractivity contribution is -0.118. The van der Waals surface area contributed by atoms with E-state index >= 15 is 0 Å². The highest BCUT2D eigenvalue weighted by Gasteiger charge is 2.25. The number of carbonyl (C=O) groups is 2. The number of carbonyl (C=O) groups excluding carboxylic acids is 2. The average Bonchev–Trinajstić information content (AvgIpc) is 3.05. The van der Waals surface area contributed by atoms with Crippen molar-refractivity contribution in [2.45, 2.75) is 17.7 Å². The molecule has 1 heterocycles. The summed E-state index contributed by atoms with van der Waals surface area (Å²) in [4.78, 5) is 26.4. The van der Waals surface area contributed by atoms with Crippen molar-refractivity contribution in [3.63, 3.8) is 0 Å². The van der Waals surface area contributed by atoms with Gasteiger partial charge in [0.15, 0.2) is 0 Å². The Morgan fingerprint density at radius 3 is 2.80 bits per heavy atom. The molecule has 0 saturated heterocycles. The van der Waals surface area contributed by atoms with E-state index in [1.165, 1.54) is 24.9 Å². The zero-order chi connectivity index (χ0) is 17.8. The molecule has 0 unspecified atom stereocenters. The van der Waals surface area contributed by atoms with Gasteiger partial charge in [0.05, 0.1) is 12.7 Å². The predicted octanol–water partition coefficient (Wildman–Crippen LogP) is 3.68. The lowest BCUT2D eigenvalue weighted by atomic mass is 10.1. The Balaban J connectivity index is 1.61. The second-order valence-electron chi connectivity index (χ2n) is 5.66. The summed E-state index contributed by atoms with van der Waals surface area (Å²) in [6.07, 6.45) is 1.05. The van der Waals surface area contributed by atoms with Crippen LogP contribution in [0.15, 0.2) is 47.4 Å². The van der Waals surface area contributed by atoms with E-state index in [-0.39, 0.29) is 17.7 Å². The molecule has 0 spiro atoms. The van der Waals surface area contributed by atoms with Gasteiger partial charge in [0.25, 0.3) is 0 Å². The standard InChI is InChI=1S/C19H18FNO3S/c1-24-19(23)14-6-7-16-13(12-14)8-10-21(16)18(22)9-11-25-17-5-3-2-4-15(17)20/h2-7,12H,8-11H2,1H3. The third-order valence-corrected chi connectivity index (χ3v) is 5.16. The Kier molecular flexibility index (Phi) is 5.38. The molecule has 0 N–H and O–H groups in total. The predicted molar refractivity (Wildman–Crippen MR) is 95.6 cm³/mol. The van der Waals surface area contributed by atoms with E-state index in [1.54, 1.807) is 41.3 Å². The molecular formula is C19H18FNO3S. The van der Waals surface area contributed by atoms with Crippen LogP contribution in [0.3, 0.4) is 0 Å². The number of thioether (sulfide) groups is 1. The molecule has 2 aromatic rings. The van der Waals surface area contributed by atoms with E-state index in [4.69, 9.17) is 4.74 Å². The van der Waals surface area contributed by atoms with Crippen LogP contribution in [0.4, 0.5) is 10.1 Å². The summed E-state index contributed by atoms with van der Waals surface area (Å²) in [6, 6.07) is 11.8. The van der Waals surface area contributed by atoms with Gasteiger partial charge in [-0.3, -0.25) is 4.79 Å². The molecule has 2 aromatic carbocycles. The van der Waals surface area contributed by atoms with Crippen LogP contribution in [0.5, 0.6) is 0 Å². The molecule has 0 radical (unpaired) electrons. The Morgan fingerprint density at radius 1 is 1.24 bits per heavy atom. The molecule has 0 aromatic heterocycles. The lowest BCUT2D eigenvalue weighted by Crippen LogP contribution is -2.29. The van der Waals surface area contributed by atoms with Crippen molar-refractivity contribution >= 4 is 29.3 Å².